The molecule has 4 aliphatic rings. The molecule has 53 heavy (non-hydrogen) atoms. The van der Waals surface area contributed by atoms with Gasteiger partial charge >= 0.3 is 6.09 Å². The number of thiazole rings is 1. The highest BCUT2D eigenvalue weighted by atomic mass is 32.2. The molecule has 0 spiro atoms. The average molecular weight is 768 g/mol. The zero-order valence-corrected chi connectivity index (χ0v) is 31.1. The van der Waals surface area contributed by atoms with Gasteiger partial charge in [0.15, 0.2) is 5.13 Å². The Labute approximate surface area is 310 Å². The fourth-order valence-corrected chi connectivity index (χ4v) is 8.94. The van der Waals surface area contributed by atoms with Gasteiger partial charge in [0.05, 0.1) is 36.7 Å². The Morgan fingerprint density at radius 2 is 1.96 bits per heavy atom. The summed E-state index contributed by atoms with van der Waals surface area (Å²) in [6.45, 7) is 7.79. The lowest BCUT2D eigenvalue weighted by Crippen LogP contribution is -2.59. The van der Waals surface area contributed by atoms with Crippen LogP contribution < -0.4 is 30.1 Å². The number of rotatable bonds is 13. The normalized spacial score (nSPS) is 25.3. The van der Waals surface area contributed by atoms with Gasteiger partial charge in [-0.3, -0.25) is 19.1 Å². The molecule has 2 aromatic heterocycles. The number of benzene rings is 1. The number of cyclic esters (lactones) is 1. The monoisotopic (exact) mass is 767 g/mol. The Bertz CT molecular complexity index is 2090. The van der Waals surface area contributed by atoms with E-state index in [2.05, 4.69) is 27.3 Å². The van der Waals surface area contributed by atoms with Gasteiger partial charge in [0.2, 0.25) is 21.8 Å². The summed E-state index contributed by atoms with van der Waals surface area (Å²) in [7, 11) is -2.34. The minimum atomic E-state index is -3.90. The fraction of sp³-hybridized carbons (Fsp3) is 0.486. The topological polar surface area (TPSA) is 207 Å². The molecular formula is C35H41N7O9S2. The van der Waals surface area contributed by atoms with Crippen LogP contribution >= 0.6 is 11.3 Å². The van der Waals surface area contributed by atoms with Crippen LogP contribution in [0.2, 0.25) is 0 Å². The second-order valence-corrected chi connectivity index (χ2v) is 16.8. The van der Waals surface area contributed by atoms with E-state index in [1.54, 1.807) is 25.3 Å². The lowest BCUT2D eigenvalue weighted by Gasteiger charge is -2.31. The number of carbonyl (C=O) groups is 4. The number of likely N-dealkylation sites (tertiary alicyclic amines) is 1. The number of hydrogen-bond acceptors (Lipinski definition) is 13. The Morgan fingerprint density at radius 1 is 1.17 bits per heavy atom. The summed E-state index contributed by atoms with van der Waals surface area (Å²) in [5.41, 5.74) is 0.189. The van der Waals surface area contributed by atoms with E-state index in [1.165, 1.54) is 22.3 Å². The van der Waals surface area contributed by atoms with Gasteiger partial charge in [-0.05, 0) is 45.2 Å². The van der Waals surface area contributed by atoms with Crippen LogP contribution in [0, 0.1) is 5.92 Å². The summed E-state index contributed by atoms with van der Waals surface area (Å²) < 4.78 is 44.5. The van der Waals surface area contributed by atoms with Crippen molar-refractivity contribution in [3.63, 3.8) is 0 Å². The van der Waals surface area contributed by atoms with E-state index in [-0.39, 0.29) is 38.5 Å². The number of amides is 4. The molecule has 4 amide bonds. The molecule has 2 saturated heterocycles. The second kappa shape index (κ2) is 14.1. The molecule has 7 rings (SSSR count). The lowest BCUT2D eigenvalue weighted by molar-refractivity contribution is -0.141. The van der Waals surface area contributed by atoms with E-state index in [0.29, 0.717) is 46.6 Å². The van der Waals surface area contributed by atoms with Crippen molar-refractivity contribution in [1.29, 1.82) is 0 Å². The zero-order chi connectivity index (χ0) is 37.7. The van der Waals surface area contributed by atoms with Crippen molar-refractivity contribution in [2.24, 2.45) is 5.92 Å². The molecule has 16 nitrogen and oxygen atoms in total. The van der Waals surface area contributed by atoms with E-state index in [4.69, 9.17) is 24.2 Å². The lowest BCUT2D eigenvalue weighted by atomic mass is 10.1. The van der Waals surface area contributed by atoms with E-state index in [0.717, 1.165) is 5.13 Å². The maximum absolute atomic E-state index is 14.2. The van der Waals surface area contributed by atoms with Crippen LogP contribution in [0.4, 0.5) is 9.93 Å². The van der Waals surface area contributed by atoms with Crippen molar-refractivity contribution in [3.8, 4) is 22.9 Å². The van der Waals surface area contributed by atoms with E-state index in [9.17, 15) is 27.6 Å². The molecule has 2 aliphatic heterocycles. The van der Waals surface area contributed by atoms with Crippen LogP contribution in [0.5, 0.6) is 11.5 Å². The van der Waals surface area contributed by atoms with Gasteiger partial charge in [0.1, 0.15) is 40.9 Å². The molecule has 0 bridgehead atoms. The van der Waals surface area contributed by atoms with Gasteiger partial charge in [-0.2, -0.15) is 0 Å². The molecule has 4 heterocycles. The smallest absolute Gasteiger partial charge is 0.407 e. The molecule has 3 aromatic rings. The summed E-state index contributed by atoms with van der Waals surface area (Å²) in [6.07, 6.45) is 1.31. The second-order valence-electron chi connectivity index (χ2n) is 14.0. The van der Waals surface area contributed by atoms with Gasteiger partial charge < -0.3 is 35.1 Å². The predicted octanol–water partition coefficient (Wildman–Crippen LogP) is 2.70. The summed E-state index contributed by atoms with van der Waals surface area (Å²) in [4.78, 5) is 64.5. The molecule has 0 radical (unpaired) electrons. The highest BCUT2D eigenvalue weighted by molar-refractivity contribution is 7.91. The number of pyridine rings is 1. The molecule has 2 aliphatic carbocycles. The van der Waals surface area contributed by atoms with Crippen LogP contribution in [-0.4, -0.2) is 102 Å². The molecule has 4 N–H and O–H groups in total. The standard InChI is InChI=1S/C35H41N7O9S2/c1-5-19-15-35(19,32(45)41-53(47,48)22-7-8-22)40-30(43)28-13-21(16-42(28)31(44)24-10-11-50-34(46)39-24)51-29-14-26(27-17-52-33(38-27)36-18(2)3)37-25-12-20(49-4)6-9-23(25)29/h5-6,9,12,14,17-19,21-22,24,28H,1,7-8,10-11,13,15-16H2,2-4H3,(H,36,38)(H,39,46)(H,40,43)(H,41,45)/t19-,21-,24+,28+,35-/m1/s1. The number of anilines is 1. The van der Waals surface area contributed by atoms with Crippen LogP contribution in [0.1, 0.15) is 46.0 Å². The van der Waals surface area contributed by atoms with Gasteiger partial charge in [0.25, 0.3) is 5.91 Å². The predicted molar refractivity (Wildman–Crippen MR) is 195 cm³/mol. The van der Waals surface area contributed by atoms with Gasteiger partial charge in [-0.15, -0.1) is 17.9 Å². The van der Waals surface area contributed by atoms with Crippen molar-refractivity contribution in [2.75, 3.05) is 25.6 Å². The first-order valence-electron chi connectivity index (χ1n) is 17.4. The maximum atomic E-state index is 14.2. The third kappa shape index (κ3) is 7.46. The fourth-order valence-electron chi connectivity index (χ4n) is 6.72. The highest BCUT2D eigenvalue weighted by Crippen LogP contribution is 2.45. The Balaban J connectivity index is 1.18. The van der Waals surface area contributed by atoms with Crippen LogP contribution in [0.3, 0.4) is 0 Å². The molecule has 5 atom stereocenters. The average Bonchev–Trinajstić information content (AvgIpc) is 4.02. The number of carbonyl (C=O) groups excluding carboxylic acids is 4. The van der Waals surface area contributed by atoms with Crippen molar-refractivity contribution < 1.29 is 41.8 Å². The van der Waals surface area contributed by atoms with E-state index < -0.39 is 68.7 Å². The van der Waals surface area contributed by atoms with Crippen molar-refractivity contribution in [3.05, 3.63) is 42.3 Å². The van der Waals surface area contributed by atoms with Crippen LogP contribution in [-0.2, 0) is 29.1 Å². The number of sulfonamides is 1. The van der Waals surface area contributed by atoms with E-state index >= 15 is 0 Å². The molecule has 4 fully saturated rings. The molecule has 2 saturated carbocycles. The number of nitrogens with zero attached hydrogens (tertiary/aromatic N) is 3. The van der Waals surface area contributed by atoms with Gasteiger partial charge in [-0.25, -0.2) is 23.2 Å². The van der Waals surface area contributed by atoms with Crippen molar-refractivity contribution in [2.45, 2.75) is 81.0 Å². The molecule has 0 unspecified atom stereocenters. The van der Waals surface area contributed by atoms with Crippen molar-refractivity contribution in [1.82, 2.24) is 30.2 Å². The number of ether oxygens (including phenoxy) is 3. The first kappa shape index (κ1) is 36.4. The van der Waals surface area contributed by atoms with Gasteiger partial charge in [0, 0.05) is 47.7 Å². The Kier molecular flexibility index (Phi) is 9.69. The van der Waals surface area contributed by atoms with E-state index in [1.807, 2.05) is 25.3 Å². The summed E-state index contributed by atoms with van der Waals surface area (Å²) >= 11 is 1.44. The zero-order valence-electron chi connectivity index (χ0n) is 29.4. The van der Waals surface area contributed by atoms with Crippen LogP contribution in [0.15, 0.2) is 42.3 Å². The SMILES string of the molecule is C=C[C@@H]1C[C@]1(NC(=O)[C@@H]1C[C@@H](Oc2cc(-c3csc(NC(C)C)n3)nc3cc(OC)ccc23)CN1C(=O)[C@@H]1CCOC(=O)N1)C(=O)NS(=O)(=O)C1CC1. The number of methoxy groups -OCH3 is 1. The summed E-state index contributed by atoms with van der Waals surface area (Å²) in [6, 6.07) is 5.23. The Morgan fingerprint density at radius 3 is 2.64 bits per heavy atom. The number of nitrogens with one attached hydrogen (secondary N) is 4. The number of hydrogen-bond donors (Lipinski definition) is 4. The molecule has 282 valence electrons. The minimum absolute atomic E-state index is 0.0207. The highest BCUT2D eigenvalue weighted by Gasteiger charge is 2.62. The number of fused-ring (bicyclic) bond motifs is 1. The largest absolute Gasteiger partial charge is 0.497 e. The molecule has 18 heteroatoms. The number of aromatic nitrogens is 2. The van der Waals surface area contributed by atoms with Crippen LogP contribution in [0.25, 0.3) is 22.3 Å². The molecule has 1 aromatic carbocycles. The van der Waals surface area contributed by atoms with Crippen molar-refractivity contribution >= 4 is 61.2 Å². The first-order valence-corrected chi connectivity index (χ1v) is 19.8. The molecular weight excluding hydrogens is 727 g/mol. The quantitative estimate of drug-likeness (QED) is 0.185. The maximum Gasteiger partial charge on any atom is 0.407 e. The third-order valence-electron chi connectivity index (χ3n) is 9.78. The number of alkyl carbamates (subject to hydrolysis) is 1. The first-order chi connectivity index (χ1) is 25.3. The minimum Gasteiger partial charge on any atom is -0.497 e. The van der Waals surface area contributed by atoms with Gasteiger partial charge in [-0.1, -0.05) is 6.08 Å². The summed E-state index contributed by atoms with van der Waals surface area (Å²) in [5.74, 6) is -1.52. The summed E-state index contributed by atoms with van der Waals surface area (Å²) in [5, 5.41) is 11.2. The Hall–Kier alpha value is -4.97. The third-order valence-corrected chi connectivity index (χ3v) is 12.4.